The summed E-state index contributed by atoms with van der Waals surface area (Å²) in [5.41, 5.74) is 0.627. The lowest BCUT2D eigenvalue weighted by Crippen LogP contribution is -2.56. The van der Waals surface area contributed by atoms with Crippen molar-refractivity contribution in [3.8, 4) is 0 Å². The summed E-state index contributed by atoms with van der Waals surface area (Å²) in [4.78, 5) is 30.1. The number of alkyl halides is 8. The third kappa shape index (κ3) is 9.19. The Kier molecular flexibility index (Phi) is 10.6. The second-order valence-electron chi connectivity index (χ2n) is 9.30. The quantitative estimate of drug-likeness (QED) is 0.476. The molecule has 1 atom stereocenters. The molecule has 2 fully saturated rings. The van der Waals surface area contributed by atoms with E-state index in [1.807, 2.05) is 25.1 Å². The number of rotatable bonds is 3. The summed E-state index contributed by atoms with van der Waals surface area (Å²) in [6, 6.07) is 8.62. The van der Waals surface area contributed by atoms with E-state index in [2.05, 4.69) is 14.9 Å². The van der Waals surface area contributed by atoms with E-state index in [0.717, 1.165) is 11.4 Å². The molecule has 0 radical (unpaired) electrons. The maximum absolute atomic E-state index is 14.9. The number of carbonyl (C=O) groups is 2. The summed E-state index contributed by atoms with van der Waals surface area (Å²) in [5, 5.41) is 14.2. The Morgan fingerprint density at radius 2 is 1.51 bits per heavy atom. The minimum absolute atomic E-state index is 0.117. The van der Waals surface area contributed by atoms with Crippen molar-refractivity contribution in [2.45, 2.75) is 44.6 Å². The van der Waals surface area contributed by atoms with Gasteiger partial charge in [0.1, 0.15) is 0 Å². The Hall–Kier alpha value is -3.63. The number of nitrogens with zero attached hydrogens (tertiary/aromatic N) is 4. The highest BCUT2D eigenvalue weighted by molar-refractivity contribution is 5.73. The maximum Gasteiger partial charge on any atom is 0.490 e. The minimum Gasteiger partial charge on any atom is -0.475 e. The molecule has 2 N–H and O–H groups in total. The van der Waals surface area contributed by atoms with Gasteiger partial charge in [-0.3, -0.25) is 9.88 Å². The van der Waals surface area contributed by atoms with Crippen LogP contribution in [0.5, 0.6) is 0 Å². The molecule has 0 aliphatic carbocycles. The molecule has 1 spiro atoms. The first-order valence-electron chi connectivity index (χ1n) is 11.8. The summed E-state index contributed by atoms with van der Waals surface area (Å²) in [6.45, 7) is 3.59. The molecule has 41 heavy (non-hydrogen) atoms. The highest BCUT2D eigenvalue weighted by atomic mass is 19.4. The van der Waals surface area contributed by atoms with Crippen LogP contribution in [0.1, 0.15) is 24.2 Å². The van der Waals surface area contributed by atoms with Crippen LogP contribution in [0, 0.1) is 18.2 Å². The number of likely N-dealkylation sites (tertiary alicyclic amines) is 1. The van der Waals surface area contributed by atoms with Crippen LogP contribution >= 0.6 is 0 Å². The fourth-order valence-electron chi connectivity index (χ4n) is 4.33. The average molecular weight is 604 g/mol. The molecule has 0 saturated carbocycles. The molecule has 2 aromatic heterocycles. The Labute approximate surface area is 227 Å². The van der Waals surface area contributed by atoms with Crippen molar-refractivity contribution >= 4 is 17.8 Å². The van der Waals surface area contributed by atoms with Gasteiger partial charge < -0.3 is 15.1 Å². The van der Waals surface area contributed by atoms with Gasteiger partial charge >= 0.3 is 24.3 Å². The lowest BCUT2D eigenvalue weighted by molar-refractivity contribution is -0.193. The van der Waals surface area contributed by atoms with Crippen molar-refractivity contribution in [2.75, 3.05) is 31.1 Å². The first-order valence-corrected chi connectivity index (χ1v) is 11.8. The van der Waals surface area contributed by atoms with Crippen LogP contribution < -0.4 is 4.90 Å². The van der Waals surface area contributed by atoms with Crippen LogP contribution in [0.2, 0.25) is 0 Å². The normalized spacial score (nSPS) is 20.5. The number of aryl methyl sites for hydroxylation is 1. The van der Waals surface area contributed by atoms with Crippen LogP contribution in [0.4, 0.5) is 45.3 Å². The van der Waals surface area contributed by atoms with Crippen molar-refractivity contribution in [1.29, 1.82) is 0 Å². The molecule has 4 heterocycles. The van der Waals surface area contributed by atoms with Gasteiger partial charge in [-0.15, -0.1) is 0 Å². The van der Waals surface area contributed by atoms with Gasteiger partial charge in [0.25, 0.3) is 5.92 Å². The molecule has 0 amide bonds. The van der Waals surface area contributed by atoms with Crippen molar-refractivity contribution in [1.82, 2.24) is 14.9 Å². The smallest absolute Gasteiger partial charge is 0.475 e. The summed E-state index contributed by atoms with van der Waals surface area (Å²) >= 11 is 0. The number of aromatic nitrogens is 2. The zero-order chi connectivity index (χ0) is 31.2. The monoisotopic (exact) mass is 604 g/mol. The molecule has 1 unspecified atom stereocenters. The number of pyridine rings is 2. The predicted molar refractivity (Wildman–Crippen MR) is 125 cm³/mol. The van der Waals surface area contributed by atoms with E-state index in [4.69, 9.17) is 19.8 Å². The molecule has 228 valence electrons. The maximum atomic E-state index is 14.9. The molecule has 2 saturated heterocycles. The van der Waals surface area contributed by atoms with Gasteiger partial charge in [-0.05, 0) is 37.6 Å². The molecule has 0 bridgehead atoms. The van der Waals surface area contributed by atoms with Crippen LogP contribution in [-0.4, -0.2) is 81.5 Å². The number of halogens is 9. The number of piperidine rings is 1. The number of hydrogen-bond acceptors (Lipinski definition) is 6. The molecule has 2 aliphatic heterocycles. The van der Waals surface area contributed by atoms with E-state index in [9.17, 15) is 39.5 Å². The highest BCUT2D eigenvalue weighted by Crippen LogP contribution is 2.50. The van der Waals surface area contributed by atoms with Crippen molar-refractivity contribution in [2.24, 2.45) is 5.41 Å². The molecule has 4 rings (SSSR count). The Morgan fingerprint density at radius 1 is 0.927 bits per heavy atom. The van der Waals surface area contributed by atoms with Gasteiger partial charge in [-0.1, -0.05) is 6.07 Å². The lowest BCUT2D eigenvalue weighted by Gasteiger charge is -2.45. The Morgan fingerprint density at radius 3 is 2.02 bits per heavy atom. The first kappa shape index (κ1) is 33.6. The molecule has 0 aromatic carbocycles. The largest absolute Gasteiger partial charge is 0.490 e. The molecule has 2 aliphatic rings. The van der Waals surface area contributed by atoms with E-state index in [1.165, 1.54) is 18.3 Å². The van der Waals surface area contributed by atoms with Gasteiger partial charge in [0, 0.05) is 51.0 Å². The van der Waals surface area contributed by atoms with Crippen LogP contribution in [-0.2, 0) is 16.1 Å². The van der Waals surface area contributed by atoms with Crippen LogP contribution in [0.25, 0.3) is 0 Å². The summed E-state index contributed by atoms with van der Waals surface area (Å²) in [7, 11) is 0. The molecule has 17 heteroatoms. The van der Waals surface area contributed by atoms with Gasteiger partial charge in [0.15, 0.2) is 11.6 Å². The highest BCUT2D eigenvalue weighted by Gasteiger charge is 2.59. The molecule has 2 aromatic rings. The van der Waals surface area contributed by atoms with Gasteiger partial charge in [0.05, 0.1) is 11.1 Å². The average Bonchev–Trinajstić information content (AvgIpc) is 3.27. The van der Waals surface area contributed by atoms with E-state index in [-0.39, 0.29) is 25.3 Å². The minimum atomic E-state index is -5.08. The van der Waals surface area contributed by atoms with Crippen molar-refractivity contribution < 1.29 is 59.3 Å². The lowest BCUT2D eigenvalue weighted by atomic mass is 9.75. The van der Waals surface area contributed by atoms with E-state index in [1.54, 1.807) is 4.90 Å². The topological polar surface area (TPSA) is 107 Å². The summed E-state index contributed by atoms with van der Waals surface area (Å²) in [5.74, 6) is -8.58. The zero-order valence-corrected chi connectivity index (χ0v) is 21.3. The number of carboxylic acid groups (broad SMARTS) is 2. The van der Waals surface area contributed by atoms with E-state index < -0.39 is 41.4 Å². The van der Waals surface area contributed by atoms with Crippen LogP contribution in [0.15, 0.2) is 36.5 Å². The second-order valence-corrected chi connectivity index (χ2v) is 9.30. The predicted octanol–water partition coefficient (Wildman–Crippen LogP) is 4.93. The third-order valence-electron chi connectivity index (χ3n) is 6.25. The van der Waals surface area contributed by atoms with Crippen molar-refractivity contribution in [3.05, 3.63) is 53.7 Å². The van der Waals surface area contributed by atoms with Crippen LogP contribution in [0.3, 0.4) is 0 Å². The van der Waals surface area contributed by atoms with Crippen molar-refractivity contribution in [3.63, 3.8) is 0 Å². The Balaban J connectivity index is 0.000000349. The standard InChI is InChI=1S/C20H23F3N4.2C2HF3O2/c1-15-4-2-5-16(25-15)12-26-10-8-20(22,23)19(13-26)7-11-27(14-19)18-17(21)6-3-9-24-18;2*3-2(4,5)1(6)7/h2-6,9H,7-8,10-14H2,1H3;2*(H,6,7). The number of hydrogen-bond donors (Lipinski definition) is 2. The number of aliphatic carboxylic acids is 2. The summed E-state index contributed by atoms with van der Waals surface area (Å²) in [6.07, 6.45) is -8.52. The SMILES string of the molecule is Cc1cccc(CN2CCC(F)(F)C3(CCN(c4ncccc4F)C3)C2)n1.O=C(O)C(F)(F)F.O=C(O)C(F)(F)F. The zero-order valence-electron chi connectivity index (χ0n) is 21.3. The molecular weight excluding hydrogens is 579 g/mol. The molecule has 8 nitrogen and oxygen atoms in total. The third-order valence-corrected chi connectivity index (χ3v) is 6.25. The second kappa shape index (κ2) is 12.9. The first-order chi connectivity index (χ1) is 18.8. The fraction of sp³-hybridized carbons (Fsp3) is 0.500. The number of anilines is 1. The Bertz CT molecular complexity index is 1190. The van der Waals surface area contributed by atoms with Gasteiger partial charge in [0.2, 0.25) is 0 Å². The summed E-state index contributed by atoms with van der Waals surface area (Å²) < 4.78 is 107. The fourth-order valence-corrected chi connectivity index (χ4v) is 4.33. The van der Waals surface area contributed by atoms with Gasteiger partial charge in [-0.25, -0.2) is 27.7 Å². The van der Waals surface area contributed by atoms with E-state index >= 15 is 0 Å². The van der Waals surface area contributed by atoms with Gasteiger partial charge in [-0.2, -0.15) is 26.3 Å². The van der Waals surface area contributed by atoms with E-state index in [0.29, 0.717) is 26.1 Å². The number of carboxylic acids is 2. The molecular formula is C24H25F9N4O4.